The molecule has 0 saturated carbocycles. The number of aromatic nitrogens is 1. The summed E-state index contributed by atoms with van der Waals surface area (Å²) in [6.45, 7) is 4.71. The van der Waals surface area contributed by atoms with Crippen LogP contribution < -0.4 is 10.5 Å². The fraction of sp³-hybridized carbons (Fsp3) is 0.286. The zero-order valence-electron chi connectivity index (χ0n) is 11.9. The number of hydrogen-bond acceptors (Lipinski definition) is 3. The Morgan fingerprint density at radius 2 is 2.05 bits per heavy atom. The van der Waals surface area contributed by atoms with Crippen LogP contribution >= 0.6 is 11.6 Å². The fourth-order valence-corrected chi connectivity index (χ4v) is 3.40. The molecule has 0 atom stereocenters. The number of nitrogens with one attached hydrogen (secondary N) is 1. The Balaban J connectivity index is 2.38. The smallest absolute Gasteiger partial charge is 0.263 e. The van der Waals surface area contributed by atoms with Gasteiger partial charge in [0, 0.05) is 30.0 Å². The largest absolute Gasteiger partial charge is 0.349 e. The first-order chi connectivity index (χ1) is 9.87. The molecule has 2 rings (SSSR count). The molecule has 0 radical (unpaired) electrons. The molecule has 0 spiro atoms. The molecule has 2 aromatic rings. The van der Waals surface area contributed by atoms with Crippen molar-refractivity contribution < 1.29 is 8.42 Å². The molecule has 0 fully saturated rings. The monoisotopic (exact) mass is 327 g/mol. The summed E-state index contributed by atoms with van der Waals surface area (Å²) in [5.74, 6) is 0. The van der Waals surface area contributed by atoms with Crippen LogP contribution in [0.1, 0.15) is 18.2 Å². The number of benzene rings is 1. The van der Waals surface area contributed by atoms with Gasteiger partial charge >= 0.3 is 0 Å². The Morgan fingerprint density at radius 1 is 1.33 bits per heavy atom. The minimum Gasteiger partial charge on any atom is -0.349 e. The van der Waals surface area contributed by atoms with E-state index in [1.807, 2.05) is 18.4 Å². The van der Waals surface area contributed by atoms with E-state index in [1.54, 1.807) is 30.5 Å². The summed E-state index contributed by atoms with van der Waals surface area (Å²) >= 11 is 5.91. The molecule has 0 amide bonds. The Labute approximate surface area is 129 Å². The molecule has 114 valence electrons. The zero-order chi connectivity index (χ0) is 15.6. The summed E-state index contributed by atoms with van der Waals surface area (Å²) in [5, 5.41) is 0.479. The number of halogens is 1. The van der Waals surface area contributed by atoms with Gasteiger partial charge in [-0.2, -0.15) is 0 Å². The molecule has 21 heavy (non-hydrogen) atoms. The van der Waals surface area contributed by atoms with Crippen LogP contribution in [0.3, 0.4) is 0 Å². The quantitative estimate of drug-likeness (QED) is 0.886. The van der Waals surface area contributed by atoms with Crippen molar-refractivity contribution in [1.29, 1.82) is 0 Å². The van der Waals surface area contributed by atoms with E-state index in [4.69, 9.17) is 17.3 Å². The van der Waals surface area contributed by atoms with Crippen LogP contribution in [-0.4, -0.2) is 13.0 Å². The van der Waals surface area contributed by atoms with Crippen molar-refractivity contribution >= 4 is 27.3 Å². The molecule has 5 nitrogen and oxygen atoms in total. The van der Waals surface area contributed by atoms with E-state index in [9.17, 15) is 8.42 Å². The third-order valence-electron chi connectivity index (χ3n) is 3.26. The van der Waals surface area contributed by atoms with Gasteiger partial charge in [0.25, 0.3) is 10.0 Å². The number of aryl methyl sites for hydroxylation is 2. The van der Waals surface area contributed by atoms with Gasteiger partial charge in [0.15, 0.2) is 0 Å². The molecule has 1 aromatic heterocycles. The lowest BCUT2D eigenvalue weighted by Crippen LogP contribution is -2.13. The van der Waals surface area contributed by atoms with E-state index >= 15 is 0 Å². The maximum Gasteiger partial charge on any atom is 0.263 e. The Morgan fingerprint density at radius 3 is 2.62 bits per heavy atom. The van der Waals surface area contributed by atoms with Gasteiger partial charge in [-0.05, 0) is 37.6 Å². The highest BCUT2D eigenvalue weighted by molar-refractivity contribution is 7.92. The van der Waals surface area contributed by atoms with Crippen LogP contribution in [0.15, 0.2) is 35.4 Å². The molecule has 0 bridgehead atoms. The fourth-order valence-electron chi connectivity index (χ4n) is 2.05. The van der Waals surface area contributed by atoms with Crippen LogP contribution in [0, 0.1) is 6.92 Å². The van der Waals surface area contributed by atoms with Crippen molar-refractivity contribution in [3.05, 3.63) is 46.7 Å². The van der Waals surface area contributed by atoms with Crippen molar-refractivity contribution in [2.24, 2.45) is 5.73 Å². The summed E-state index contributed by atoms with van der Waals surface area (Å²) in [6.07, 6.45) is 1.59. The number of sulfonamides is 1. The maximum absolute atomic E-state index is 12.5. The van der Waals surface area contributed by atoms with Crippen molar-refractivity contribution in [2.45, 2.75) is 31.8 Å². The molecule has 1 aromatic carbocycles. The van der Waals surface area contributed by atoms with Crippen LogP contribution in [0.5, 0.6) is 0 Å². The van der Waals surface area contributed by atoms with Crippen molar-refractivity contribution in [1.82, 2.24) is 4.57 Å². The van der Waals surface area contributed by atoms with Crippen molar-refractivity contribution in [3.63, 3.8) is 0 Å². The molecule has 0 aliphatic heterocycles. The molecular weight excluding hydrogens is 310 g/mol. The van der Waals surface area contributed by atoms with Crippen LogP contribution in [-0.2, 0) is 23.1 Å². The predicted octanol–water partition coefficient (Wildman–Crippen LogP) is 2.73. The third-order valence-corrected chi connectivity index (χ3v) is 4.83. The maximum atomic E-state index is 12.5. The first-order valence-electron chi connectivity index (χ1n) is 6.55. The lowest BCUT2D eigenvalue weighted by Gasteiger charge is -2.09. The number of nitrogens with two attached hydrogens (primary N) is 1. The number of nitrogens with zero attached hydrogens (tertiary/aromatic N) is 1. The molecule has 0 unspecified atom stereocenters. The molecule has 7 heteroatoms. The third kappa shape index (κ3) is 3.40. The van der Waals surface area contributed by atoms with Crippen LogP contribution in [0.25, 0.3) is 0 Å². The summed E-state index contributed by atoms with van der Waals surface area (Å²) in [5.41, 5.74) is 7.68. The number of rotatable bonds is 5. The average Bonchev–Trinajstić information content (AvgIpc) is 2.86. The first-order valence-corrected chi connectivity index (χ1v) is 8.41. The lowest BCUT2D eigenvalue weighted by atomic mass is 10.2. The highest BCUT2D eigenvalue weighted by Gasteiger charge is 2.18. The second-order valence-electron chi connectivity index (χ2n) is 4.72. The highest BCUT2D eigenvalue weighted by atomic mass is 35.5. The molecular formula is C14H18ClN3O2S. The van der Waals surface area contributed by atoms with E-state index < -0.39 is 10.0 Å². The van der Waals surface area contributed by atoms with Gasteiger partial charge in [0.2, 0.25) is 0 Å². The number of hydrogen-bond donors (Lipinski definition) is 2. The van der Waals surface area contributed by atoms with Crippen LogP contribution in [0.2, 0.25) is 5.02 Å². The average molecular weight is 328 g/mol. The van der Waals surface area contributed by atoms with Gasteiger partial charge in [0.1, 0.15) is 4.90 Å². The van der Waals surface area contributed by atoms with Crippen molar-refractivity contribution in [3.8, 4) is 0 Å². The second-order valence-corrected chi connectivity index (χ2v) is 6.84. The van der Waals surface area contributed by atoms with Gasteiger partial charge < -0.3 is 10.3 Å². The Bertz CT molecular complexity index is 732. The minimum atomic E-state index is -3.66. The summed E-state index contributed by atoms with van der Waals surface area (Å²) in [6, 6.07) is 6.66. The van der Waals surface area contributed by atoms with E-state index in [1.165, 1.54) is 0 Å². The standard InChI is InChI=1S/C14H18ClN3O2S/c1-3-18-9-13(7-12(18)8-16)21(19,20)17-14-6-11(15)5-4-10(14)2/h4-7,9,17H,3,8,16H2,1-2H3. The second kappa shape index (κ2) is 6.09. The van der Waals surface area contributed by atoms with Crippen LogP contribution in [0.4, 0.5) is 5.69 Å². The van der Waals surface area contributed by atoms with Gasteiger partial charge in [-0.1, -0.05) is 17.7 Å². The predicted molar refractivity (Wildman–Crippen MR) is 85.0 cm³/mol. The SMILES string of the molecule is CCn1cc(S(=O)(=O)Nc2cc(Cl)ccc2C)cc1CN. The first kappa shape index (κ1) is 15.9. The Kier molecular flexibility index (Phi) is 4.61. The van der Waals surface area contributed by atoms with Gasteiger partial charge in [0.05, 0.1) is 5.69 Å². The lowest BCUT2D eigenvalue weighted by molar-refractivity contribution is 0.600. The van der Waals surface area contributed by atoms with E-state index in [0.29, 0.717) is 23.8 Å². The van der Waals surface area contributed by atoms with Gasteiger partial charge in [-0.25, -0.2) is 8.42 Å². The zero-order valence-corrected chi connectivity index (χ0v) is 13.5. The summed E-state index contributed by atoms with van der Waals surface area (Å²) < 4.78 is 29.3. The molecule has 1 heterocycles. The molecule has 0 saturated heterocycles. The minimum absolute atomic E-state index is 0.198. The summed E-state index contributed by atoms with van der Waals surface area (Å²) in [4.78, 5) is 0.198. The highest BCUT2D eigenvalue weighted by Crippen LogP contribution is 2.24. The molecule has 0 aliphatic carbocycles. The van der Waals surface area contributed by atoms with Gasteiger partial charge in [-0.15, -0.1) is 0 Å². The van der Waals surface area contributed by atoms with Gasteiger partial charge in [-0.3, -0.25) is 4.72 Å². The molecule has 0 aliphatic rings. The molecule has 3 N–H and O–H groups in total. The Hall–Kier alpha value is -1.50. The topological polar surface area (TPSA) is 77.1 Å². The van der Waals surface area contributed by atoms with E-state index in [-0.39, 0.29) is 4.90 Å². The van der Waals surface area contributed by atoms with Crippen molar-refractivity contribution in [2.75, 3.05) is 4.72 Å². The van der Waals surface area contributed by atoms with E-state index in [2.05, 4.69) is 4.72 Å². The van der Waals surface area contributed by atoms with E-state index in [0.717, 1.165) is 11.3 Å². The normalized spacial score (nSPS) is 11.6. The number of anilines is 1. The summed E-state index contributed by atoms with van der Waals surface area (Å²) in [7, 11) is -3.66.